The van der Waals surface area contributed by atoms with Crippen molar-refractivity contribution in [2.24, 2.45) is 5.92 Å². The summed E-state index contributed by atoms with van der Waals surface area (Å²) in [5, 5.41) is 6.28. The summed E-state index contributed by atoms with van der Waals surface area (Å²) in [6.07, 6.45) is 0.634. The lowest BCUT2D eigenvalue weighted by Crippen LogP contribution is -2.50. The molecule has 1 heterocycles. The smallest absolute Gasteiger partial charge is 0.262 e. The van der Waals surface area contributed by atoms with Crippen LogP contribution in [0.1, 0.15) is 46.5 Å². The average molecular weight is 442 g/mol. The van der Waals surface area contributed by atoms with E-state index in [0.29, 0.717) is 23.2 Å². The van der Waals surface area contributed by atoms with E-state index >= 15 is 0 Å². The van der Waals surface area contributed by atoms with Crippen LogP contribution >= 0.6 is 0 Å². The minimum atomic E-state index is -0.921. The summed E-state index contributed by atoms with van der Waals surface area (Å²) in [7, 11) is 0. The molecule has 0 bridgehead atoms. The van der Waals surface area contributed by atoms with Crippen LogP contribution in [0.2, 0.25) is 0 Å². The van der Waals surface area contributed by atoms with Crippen LogP contribution in [0.5, 0.6) is 0 Å². The Bertz CT molecular complexity index is 1170. The maximum Gasteiger partial charge on any atom is 0.262 e. The Morgan fingerprint density at radius 2 is 1.39 bits per heavy atom. The number of carbonyl (C=O) groups is 3. The predicted molar refractivity (Wildman–Crippen MR) is 130 cm³/mol. The van der Waals surface area contributed by atoms with Crippen LogP contribution in [-0.4, -0.2) is 28.7 Å². The third-order valence-electron chi connectivity index (χ3n) is 6.07. The molecule has 3 amide bonds. The predicted octanol–water partition coefficient (Wildman–Crippen LogP) is 5.39. The van der Waals surface area contributed by atoms with Crippen LogP contribution < -0.4 is 10.6 Å². The van der Waals surface area contributed by atoms with Gasteiger partial charge in [0.25, 0.3) is 11.8 Å². The maximum absolute atomic E-state index is 13.5. The van der Waals surface area contributed by atoms with Crippen molar-refractivity contribution in [3.05, 3.63) is 89.5 Å². The Balaban J connectivity index is 1.62. The van der Waals surface area contributed by atoms with Gasteiger partial charge in [0.05, 0.1) is 22.5 Å². The number of hydrogen-bond acceptors (Lipinski definition) is 4. The molecule has 0 aliphatic carbocycles. The van der Waals surface area contributed by atoms with Crippen molar-refractivity contribution in [1.82, 2.24) is 4.90 Å². The number of benzene rings is 3. The summed E-state index contributed by atoms with van der Waals surface area (Å²) >= 11 is 0. The van der Waals surface area contributed by atoms with Crippen LogP contribution in [0.3, 0.4) is 0 Å². The van der Waals surface area contributed by atoms with Crippen LogP contribution in [0.15, 0.2) is 72.8 Å². The van der Waals surface area contributed by atoms with E-state index in [2.05, 4.69) is 10.6 Å². The SMILES string of the molecule is CCC(C)C(C(=O)Nc1ccccc1Nc1ccc(C)cc1)N1C(=O)c2ccccc2C1=O. The van der Waals surface area contributed by atoms with Crippen LogP contribution in [-0.2, 0) is 4.79 Å². The molecule has 2 unspecified atom stereocenters. The fourth-order valence-electron chi connectivity index (χ4n) is 4.01. The molecule has 2 N–H and O–H groups in total. The number of nitrogens with one attached hydrogen (secondary N) is 2. The molecule has 3 aromatic rings. The van der Waals surface area contributed by atoms with Gasteiger partial charge in [-0.3, -0.25) is 19.3 Å². The van der Waals surface area contributed by atoms with Gasteiger partial charge in [0.1, 0.15) is 6.04 Å². The number of rotatable bonds is 7. The fraction of sp³-hybridized carbons (Fsp3) is 0.222. The van der Waals surface area contributed by atoms with Gasteiger partial charge in [0.2, 0.25) is 5.91 Å². The molecule has 0 aromatic heterocycles. The topological polar surface area (TPSA) is 78.5 Å². The molecule has 1 aliphatic rings. The van der Waals surface area contributed by atoms with Gasteiger partial charge in [0, 0.05) is 5.69 Å². The van der Waals surface area contributed by atoms with Gasteiger partial charge in [-0.05, 0) is 49.2 Å². The van der Waals surface area contributed by atoms with E-state index in [1.807, 2.05) is 63.2 Å². The molecule has 4 rings (SSSR count). The highest BCUT2D eigenvalue weighted by Gasteiger charge is 2.44. The van der Waals surface area contributed by atoms with Crippen molar-refractivity contribution in [3.63, 3.8) is 0 Å². The van der Waals surface area contributed by atoms with Gasteiger partial charge in [-0.25, -0.2) is 0 Å². The molecule has 2 atom stereocenters. The normalized spacial score (nSPS) is 14.6. The third-order valence-corrected chi connectivity index (χ3v) is 6.07. The lowest BCUT2D eigenvalue weighted by molar-refractivity contribution is -0.121. The average Bonchev–Trinajstić information content (AvgIpc) is 3.07. The Morgan fingerprint density at radius 1 is 0.848 bits per heavy atom. The van der Waals surface area contributed by atoms with E-state index in [0.717, 1.165) is 21.8 Å². The molecule has 1 aliphatic heterocycles. The second-order valence-electron chi connectivity index (χ2n) is 8.38. The monoisotopic (exact) mass is 441 g/mol. The Kier molecular flexibility index (Phi) is 6.27. The number of para-hydroxylation sites is 2. The third kappa shape index (κ3) is 4.37. The second kappa shape index (κ2) is 9.28. The number of nitrogens with zero attached hydrogens (tertiary/aromatic N) is 1. The lowest BCUT2D eigenvalue weighted by Gasteiger charge is -2.30. The van der Waals surface area contributed by atoms with Crippen molar-refractivity contribution in [2.75, 3.05) is 10.6 Å². The molecule has 0 radical (unpaired) electrons. The highest BCUT2D eigenvalue weighted by atomic mass is 16.2. The largest absolute Gasteiger partial charge is 0.354 e. The molecular weight excluding hydrogens is 414 g/mol. The van der Waals surface area contributed by atoms with Gasteiger partial charge in [-0.1, -0.05) is 62.2 Å². The number of fused-ring (bicyclic) bond motifs is 1. The van der Waals surface area contributed by atoms with Gasteiger partial charge >= 0.3 is 0 Å². The van der Waals surface area contributed by atoms with Crippen molar-refractivity contribution in [1.29, 1.82) is 0 Å². The first-order chi connectivity index (χ1) is 15.9. The number of anilines is 3. The first-order valence-electron chi connectivity index (χ1n) is 11.1. The number of imide groups is 1. The number of aryl methyl sites for hydroxylation is 1. The summed E-state index contributed by atoms with van der Waals surface area (Å²) in [4.78, 5) is 40.8. The van der Waals surface area contributed by atoms with E-state index in [1.54, 1.807) is 30.3 Å². The Hall–Kier alpha value is -3.93. The van der Waals surface area contributed by atoms with Crippen molar-refractivity contribution >= 4 is 34.8 Å². The maximum atomic E-state index is 13.5. The fourth-order valence-corrected chi connectivity index (χ4v) is 4.01. The van der Waals surface area contributed by atoms with Gasteiger partial charge in [-0.2, -0.15) is 0 Å². The molecule has 0 saturated heterocycles. The van der Waals surface area contributed by atoms with Crippen molar-refractivity contribution in [2.45, 2.75) is 33.2 Å². The molecule has 0 spiro atoms. The summed E-state index contributed by atoms with van der Waals surface area (Å²) in [5.74, 6) is -1.47. The standard InChI is InChI=1S/C27H27N3O3/c1-4-18(3)24(30-26(32)20-9-5-6-10-21(20)27(30)33)25(31)29-23-12-8-7-11-22(23)28-19-15-13-17(2)14-16-19/h5-16,18,24,28H,4H2,1-3H3,(H,29,31). The Labute approximate surface area is 193 Å². The zero-order valence-electron chi connectivity index (χ0n) is 19.0. The molecule has 0 fully saturated rings. The van der Waals surface area contributed by atoms with Crippen LogP contribution in [0, 0.1) is 12.8 Å². The van der Waals surface area contributed by atoms with E-state index < -0.39 is 23.8 Å². The van der Waals surface area contributed by atoms with E-state index in [-0.39, 0.29) is 5.92 Å². The van der Waals surface area contributed by atoms with E-state index in [4.69, 9.17) is 0 Å². The van der Waals surface area contributed by atoms with Gasteiger partial charge in [-0.15, -0.1) is 0 Å². The quantitative estimate of drug-likeness (QED) is 0.482. The minimum absolute atomic E-state index is 0.218. The van der Waals surface area contributed by atoms with E-state index in [1.165, 1.54) is 0 Å². The second-order valence-corrected chi connectivity index (χ2v) is 8.38. The van der Waals surface area contributed by atoms with Crippen LogP contribution in [0.4, 0.5) is 17.1 Å². The summed E-state index contributed by atoms with van der Waals surface area (Å²) < 4.78 is 0. The lowest BCUT2D eigenvalue weighted by atomic mass is 9.96. The van der Waals surface area contributed by atoms with Crippen LogP contribution in [0.25, 0.3) is 0 Å². The number of amides is 3. The Morgan fingerprint density at radius 3 is 1.97 bits per heavy atom. The molecule has 0 saturated carbocycles. The molecule has 33 heavy (non-hydrogen) atoms. The molecule has 3 aromatic carbocycles. The molecule has 6 nitrogen and oxygen atoms in total. The van der Waals surface area contributed by atoms with Crippen molar-refractivity contribution < 1.29 is 14.4 Å². The first-order valence-corrected chi connectivity index (χ1v) is 11.1. The first kappa shape index (κ1) is 22.3. The number of hydrogen-bond donors (Lipinski definition) is 2. The minimum Gasteiger partial charge on any atom is -0.354 e. The highest BCUT2D eigenvalue weighted by molar-refractivity contribution is 6.23. The highest BCUT2D eigenvalue weighted by Crippen LogP contribution is 2.30. The summed E-state index contributed by atoms with van der Waals surface area (Å²) in [6.45, 7) is 5.84. The number of carbonyl (C=O) groups excluding carboxylic acids is 3. The summed E-state index contributed by atoms with van der Waals surface area (Å²) in [6, 6.07) is 21.1. The summed E-state index contributed by atoms with van der Waals surface area (Å²) in [5.41, 5.74) is 4.02. The zero-order valence-corrected chi connectivity index (χ0v) is 19.0. The molecular formula is C27H27N3O3. The molecule has 6 heteroatoms. The van der Waals surface area contributed by atoms with Gasteiger partial charge < -0.3 is 10.6 Å². The van der Waals surface area contributed by atoms with E-state index in [9.17, 15) is 14.4 Å². The zero-order chi connectivity index (χ0) is 23.5. The molecule has 168 valence electrons. The van der Waals surface area contributed by atoms with Gasteiger partial charge in [0.15, 0.2) is 0 Å². The van der Waals surface area contributed by atoms with Crippen molar-refractivity contribution in [3.8, 4) is 0 Å².